The fraction of sp³-hybridized carbons (Fsp3) is 0.118. The van der Waals surface area contributed by atoms with Gasteiger partial charge in [0.1, 0.15) is 5.82 Å². The molecular weight excluding hydrogens is 313 g/mol. The Morgan fingerprint density at radius 1 is 1.04 bits per heavy atom. The SMILES string of the molecule is O=C1NC(=O)C2(N1)C(=O)N(Cc1ccccc1)c1ccc(F)cc12. The highest BCUT2D eigenvalue weighted by atomic mass is 19.1. The van der Waals surface area contributed by atoms with Crippen molar-refractivity contribution < 1.29 is 18.8 Å². The summed E-state index contributed by atoms with van der Waals surface area (Å²) in [6.07, 6.45) is 0. The zero-order chi connectivity index (χ0) is 16.9. The van der Waals surface area contributed by atoms with Gasteiger partial charge in [-0.15, -0.1) is 0 Å². The molecule has 1 fully saturated rings. The molecule has 1 spiro atoms. The quantitative estimate of drug-likeness (QED) is 0.647. The van der Waals surface area contributed by atoms with Crippen molar-refractivity contribution in [3.8, 4) is 0 Å². The van der Waals surface area contributed by atoms with Crippen LogP contribution in [-0.4, -0.2) is 17.8 Å². The van der Waals surface area contributed by atoms with Crippen LogP contribution in [0.5, 0.6) is 0 Å². The van der Waals surface area contributed by atoms with Gasteiger partial charge in [-0.3, -0.25) is 14.9 Å². The summed E-state index contributed by atoms with van der Waals surface area (Å²) in [5.74, 6) is -1.98. The lowest BCUT2D eigenvalue weighted by Gasteiger charge is -2.21. The maximum Gasteiger partial charge on any atom is 0.323 e. The van der Waals surface area contributed by atoms with Crippen LogP contribution in [0.3, 0.4) is 0 Å². The fourth-order valence-corrected chi connectivity index (χ4v) is 3.19. The van der Waals surface area contributed by atoms with Crippen molar-refractivity contribution in [2.45, 2.75) is 12.1 Å². The zero-order valence-corrected chi connectivity index (χ0v) is 12.4. The van der Waals surface area contributed by atoms with Gasteiger partial charge in [0.25, 0.3) is 11.8 Å². The molecule has 120 valence electrons. The van der Waals surface area contributed by atoms with Crippen LogP contribution in [0.4, 0.5) is 14.9 Å². The molecule has 0 saturated carbocycles. The monoisotopic (exact) mass is 325 g/mol. The van der Waals surface area contributed by atoms with Gasteiger partial charge in [0, 0.05) is 5.56 Å². The van der Waals surface area contributed by atoms with E-state index in [1.165, 1.54) is 17.0 Å². The fourth-order valence-electron chi connectivity index (χ4n) is 3.19. The molecule has 2 heterocycles. The minimum absolute atomic E-state index is 0.145. The number of urea groups is 1. The van der Waals surface area contributed by atoms with Crippen LogP contribution >= 0.6 is 0 Å². The van der Waals surface area contributed by atoms with Gasteiger partial charge in [0.2, 0.25) is 5.54 Å². The van der Waals surface area contributed by atoms with Crippen molar-refractivity contribution >= 4 is 23.5 Å². The Labute approximate surface area is 136 Å². The molecule has 1 atom stereocenters. The Balaban J connectivity index is 1.85. The van der Waals surface area contributed by atoms with E-state index in [-0.39, 0.29) is 12.1 Å². The van der Waals surface area contributed by atoms with Gasteiger partial charge in [-0.2, -0.15) is 0 Å². The molecule has 2 N–H and O–H groups in total. The lowest BCUT2D eigenvalue weighted by Crippen LogP contribution is -2.52. The van der Waals surface area contributed by atoms with Crippen molar-refractivity contribution in [1.29, 1.82) is 0 Å². The molecule has 0 aromatic heterocycles. The van der Waals surface area contributed by atoms with Crippen LogP contribution in [0.15, 0.2) is 48.5 Å². The number of nitrogens with one attached hydrogen (secondary N) is 2. The number of fused-ring (bicyclic) bond motifs is 2. The third kappa shape index (κ3) is 1.84. The minimum Gasteiger partial charge on any atom is -0.312 e. The van der Waals surface area contributed by atoms with Crippen LogP contribution in [0.25, 0.3) is 0 Å². The van der Waals surface area contributed by atoms with Crippen molar-refractivity contribution in [3.05, 3.63) is 65.5 Å². The molecule has 0 radical (unpaired) electrons. The maximum atomic E-state index is 13.7. The zero-order valence-electron chi connectivity index (χ0n) is 12.4. The number of amides is 4. The molecule has 2 aliphatic heterocycles. The van der Waals surface area contributed by atoms with E-state index in [2.05, 4.69) is 10.6 Å². The summed E-state index contributed by atoms with van der Waals surface area (Å²) in [7, 11) is 0. The molecule has 6 nitrogen and oxygen atoms in total. The van der Waals surface area contributed by atoms with E-state index in [1.54, 1.807) is 0 Å². The number of anilines is 1. The third-order valence-electron chi connectivity index (χ3n) is 4.27. The molecule has 4 amide bonds. The van der Waals surface area contributed by atoms with Gasteiger partial charge in [-0.25, -0.2) is 9.18 Å². The second kappa shape index (κ2) is 4.89. The number of hydrogen-bond acceptors (Lipinski definition) is 3. The summed E-state index contributed by atoms with van der Waals surface area (Å²) in [4.78, 5) is 38.3. The normalized spacial score (nSPS) is 21.9. The summed E-state index contributed by atoms with van der Waals surface area (Å²) in [5.41, 5.74) is -0.499. The van der Waals surface area contributed by atoms with Gasteiger partial charge in [0.15, 0.2) is 0 Å². The summed E-state index contributed by atoms with van der Waals surface area (Å²) in [5, 5.41) is 4.44. The van der Waals surface area contributed by atoms with Crippen molar-refractivity contribution in [1.82, 2.24) is 10.6 Å². The molecular formula is C17H12FN3O3. The van der Waals surface area contributed by atoms with Gasteiger partial charge >= 0.3 is 6.03 Å². The van der Waals surface area contributed by atoms with Crippen LogP contribution in [0.1, 0.15) is 11.1 Å². The number of halogens is 1. The van der Waals surface area contributed by atoms with Gasteiger partial charge in [0.05, 0.1) is 12.2 Å². The summed E-state index contributed by atoms with van der Waals surface area (Å²) < 4.78 is 13.7. The number of benzene rings is 2. The van der Waals surface area contributed by atoms with E-state index in [4.69, 9.17) is 0 Å². The Morgan fingerprint density at radius 3 is 2.46 bits per heavy atom. The Hall–Kier alpha value is -3.22. The second-order valence-corrected chi connectivity index (χ2v) is 5.70. The molecule has 2 aliphatic rings. The predicted octanol–water partition coefficient (Wildman–Crippen LogP) is 1.41. The number of imide groups is 1. The Bertz CT molecular complexity index is 884. The molecule has 2 aromatic carbocycles. The second-order valence-electron chi connectivity index (χ2n) is 5.70. The third-order valence-corrected chi connectivity index (χ3v) is 4.27. The number of nitrogens with zero attached hydrogens (tertiary/aromatic N) is 1. The van der Waals surface area contributed by atoms with Gasteiger partial charge in [-0.1, -0.05) is 30.3 Å². The van der Waals surface area contributed by atoms with E-state index >= 15 is 0 Å². The molecule has 0 aliphatic carbocycles. The molecule has 0 bridgehead atoms. The average Bonchev–Trinajstić information content (AvgIpc) is 2.98. The molecule has 2 aromatic rings. The topological polar surface area (TPSA) is 78.5 Å². The van der Waals surface area contributed by atoms with E-state index in [0.717, 1.165) is 11.6 Å². The first-order valence-electron chi connectivity index (χ1n) is 7.32. The van der Waals surface area contributed by atoms with E-state index < -0.39 is 29.2 Å². The van der Waals surface area contributed by atoms with Gasteiger partial charge in [-0.05, 0) is 23.8 Å². The number of carbonyl (C=O) groups is 3. The maximum absolute atomic E-state index is 13.7. The highest BCUT2D eigenvalue weighted by Gasteiger charge is 2.61. The Kier molecular flexibility index (Phi) is 2.93. The highest BCUT2D eigenvalue weighted by Crippen LogP contribution is 2.43. The standard InChI is InChI=1S/C17H12FN3O3/c18-11-6-7-13-12(8-11)17(14(22)19-16(24)20-17)15(23)21(13)9-10-4-2-1-3-5-10/h1-8H,9H2,(H2,19,20,22,24). The van der Waals surface area contributed by atoms with Crippen LogP contribution in [0.2, 0.25) is 0 Å². The molecule has 7 heteroatoms. The lowest BCUT2D eigenvalue weighted by molar-refractivity contribution is -0.134. The summed E-state index contributed by atoms with van der Waals surface area (Å²) >= 11 is 0. The molecule has 4 rings (SSSR count). The average molecular weight is 325 g/mol. The molecule has 1 saturated heterocycles. The predicted molar refractivity (Wildman–Crippen MR) is 82.4 cm³/mol. The van der Waals surface area contributed by atoms with Gasteiger partial charge < -0.3 is 10.2 Å². The van der Waals surface area contributed by atoms with Crippen LogP contribution in [-0.2, 0) is 21.7 Å². The van der Waals surface area contributed by atoms with Crippen LogP contribution < -0.4 is 15.5 Å². The number of rotatable bonds is 2. The lowest BCUT2D eigenvalue weighted by atomic mass is 9.91. The first kappa shape index (κ1) is 14.4. The number of hydrogen-bond donors (Lipinski definition) is 2. The van der Waals surface area contributed by atoms with Crippen LogP contribution in [0, 0.1) is 5.82 Å². The Morgan fingerprint density at radius 2 is 1.79 bits per heavy atom. The first-order valence-corrected chi connectivity index (χ1v) is 7.32. The highest BCUT2D eigenvalue weighted by molar-refractivity contribution is 6.27. The molecule has 24 heavy (non-hydrogen) atoms. The van der Waals surface area contributed by atoms with Crippen molar-refractivity contribution in [3.63, 3.8) is 0 Å². The minimum atomic E-state index is -1.90. The summed E-state index contributed by atoms with van der Waals surface area (Å²) in [6.45, 7) is 0.212. The first-order chi connectivity index (χ1) is 11.5. The number of carbonyl (C=O) groups excluding carboxylic acids is 3. The van der Waals surface area contributed by atoms with E-state index in [0.29, 0.717) is 5.69 Å². The largest absolute Gasteiger partial charge is 0.323 e. The smallest absolute Gasteiger partial charge is 0.312 e. The van der Waals surface area contributed by atoms with Crippen molar-refractivity contribution in [2.24, 2.45) is 0 Å². The molecule has 1 unspecified atom stereocenters. The van der Waals surface area contributed by atoms with Crippen molar-refractivity contribution in [2.75, 3.05) is 4.90 Å². The van der Waals surface area contributed by atoms with E-state index in [1.807, 2.05) is 30.3 Å². The summed E-state index contributed by atoms with van der Waals surface area (Å²) in [6, 6.07) is 12.2. The van der Waals surface area contributed by atoms with E-state index in [9.17, 15) is 18.8 Å².